The topological polar surface area (TPSA) is 80.5 Å². The van der Waals surface area contributed by atoms with Gasteiger partial charge in [-0.15, -0.1) is 11.3 Å². The average Bonchev–Trinajstić information content (AvgIpc) is 2.92. The third kappa shape index (κ3) is 3.46. The van der Waals surface area contributed by atoms with E-state index in [-0.39, 0.29) is 16.2 Å². The lowest BCUT2D eigenvalue weighted by atomic mass is 9.80. The molecule has 2 rings (SSSR count). The van der Waals surface area contributed by atoms with Crippen molar-refractivity contribution in [3.63, 3.8) is 0 Å². The van der Waals surface area contributed by atoms with Crippen LogP contribution in [0.2, 0.25) is 0 Å². The number of carbonyl (C=O) groups is 1. The highest BCUT2D eigenvalue weighted by atomic mass is 32.2. The van der Waals surface area contributed by atoms with Crippen LogP contribution in [-0.2, 0) is 10.0 Å². The number of nitrogens with zero attached hydrogens (tertiary/aromatic N) is 1. The Balaban J connectivity index is 2.19. The molecule has 7 heteroatoms. The third-order valence-electron chi connectivity index (χ3n) is 4.09. The van der Waals surface area contributed by atoms with E-state index >= 15 is 0 Å². The molecule has 1 amide bonds. The minimum atomic E-state index is -3.76. The molecule has 1 fully saturated rings. The maximum atomic E-state index is 12.5. The summed E-state index contributed by atoms with van der Waals surface area (Å²) in [7, 11) is -3.76. The van der Waals surface area contributed by atoms with Crippen LogP contribution in [0, 0.1) is 18.3 Å². The second-order valence-corrected chi connectivity index (χ2v) is 9.47. The molecule has 1 atom stereocenters. The zero-order valence-electron chi connectivity index (χ0n) is 12.8. The van der Waals surface area contributed by atoms with Crippen LogP contribution in [0.5, 0.6) is 0 Å². The van der Waals surface area contributed by atoms with E-state index < -0.39 is 10.0 Å². The van der Waals surface area contributed by atoms with Gasteiger partial charge in [0, 0.05) is 18.0 Å². The van der Waals surface area contributed by atoms with Gasteiger partial charge in [0.1, 0.15) is 0 Å². The molecule has 0 bridgehead atoms. The number of nitrogens with two attached hydrogens (primary N) is 1. The Morgan fingerprint density at radius 3 is 2.48 bits per heavy atom. The first-order valence-electron chi connectivity index (χ1n) is 6.92. The van der Waals surface area contributed by atoms with Crippen LogP contribution >= 0.6 is 11.3 Å². The first-order chi connectivity index (χ1) is 9.50. The van der Waals surface area contributed by atoms with Crippen LogP contribution in [0.1, 0.15) is 41.7 Å². The fraction of sp³-hybridized carbons (Fsp3) is 0.643. The number of thiophene rings is 1. The van der Waals surface area contributed by atoms with Gasteiger partial charge in [-0.3, -0.25) is 4.79 Å². The van der Waals surface area contributed by atoms with Gasteiger partial charge in [-0.1, -0.05) is 20.8 Å². The minimum absolute atomic E-state index is 0.0578. The predicted molar refractivity (Wildman–Crippen MR) is 83.9 cm³/mol. The zero-order chi connectivity index (χ0) is 16.0. The van der Waals surface area contributed by atoms with E-state index in [0.717, 1.165) is 19.5 Å². The molecule has 21 heavy (non-hydrogen) atoms. The molecule has 5 nitrogen and oxygen atoms in total. The normalized spacial score (nSPS) is 20.0. The van der Waals surface area contributed by atoms with Crippen LogP contribution in [0.15, 0.2) is 11.0 Å². The number of amides is 1. The monoisotopic (exact) mass is 330 g/mol. The lowest BCUT2D eigenvalue weighted by Gasteiger charge is -2.26. The van der Waals surface area contributed by atoms with Crippen molar-refractivity contribution in [2.24, 2.45) is 16.5 Å². The molecule has 1 aliphatic rings. The predicted octanol–water partition coefficient (Wildman–Crippen LogP) is 2.21. The Morgan fingerprint density at radius 1 is 1.43 bits per heavy atom. The fourth-order valence-corrected chi connectivity index (χ4v) is 4.77. The number of carbonyl (C=O) groups excluding carboxylic acids is 1. The highest BCUT2D eigenvalue weighted by Gasteiger charge is 2.34. The lowest BCUT2D eigenvalue weighted by molar-refractivity contribution is 0.0781. The van der Waals surface area contributed by atoms with Gasteiger partial charge in [-0.25, -0.2) is 13.6 Å². The summed E-state index contributed by atoms with van der Waals surface area (Å²) in [6, 6.07) is 1.40. The molecule has 1 aromatic heterocycles. The van der Waals surface area contributed by atoms with Gasteiger partial charge in [0.05, 0.1) is 9.77 Å². The van der Waals surface area contributed by atoms with Gasteiger partial charge >= 0.3 is 0 Å². The number of hydrogen-bond acceptors (Lipinski definition) is 4. The van der Waals surface area contributed by atoms with Gasteiger partial charge in [0.25, 0.3) is 5.91 Å². The lowest BCUT2D eigenvalue weighted by Crippen LogP contribution is -2.30. The molecule has 1 aromatic rings. The highest BCUT2D eigenvalue weighted by Crippen LogP contribution is 2.35. The Hall–Kier alpha value is -0.920. The Bertz CT molecular complexity index is 656. The van der Waals surface area contributed by atoms with Crippen molar-refractivity contribution in [3.05, 3.63) is 15.8 Å². The summed E-state index contributed by atoms with van der Waals surface area (Å²) in [5, 5.41) is 5.16. The number of sulfonamides is 1. The van der Waals surface area contributed by atoms with E-state index in [9.17, 15) is 13.2 Å². The van der Waals surface area contributed by atoms with Crippen molar-refractivity contribution in [1.29, 1.82) is 0 Å². The Labute approximate surface area is 130 Å². The molecule has 0 aliphatic carbocycles. The van der Waals surface area contributed by atoms with E-state index in [2.05, 4.69) is 20.8 Å². The largest absolute Gasteiger partial charge is 0.338 e. The summed E-state index contributed by atoms with van der Waals surface area (Å²) in [6.45, 7) is 9.66. The quantitative estimate of drug-likeness (QED) is 0.903. The SMILES string of the molecule is Cc1sc(C(=O)N2CCC(C(C)(C)C)C2)cc1S(N)(=O)=O. The van der Waals surface area contributed by atoms with Crippen molar-refractivity contribution in [1.82, 2.24) is 4.90 Å². The highest BCUT2D eigenvalue weighted by molar-refractivity contribution is 7.89. The number of rotatable bonds is 2. The van der Waals surface area contributed by atoms with Gasteiger partial charge in [0.2, 0.25) is 10.0 Å². The van der Waals surface area contributed by atoms with Crippen molar-refractivity contribution < 1.29 is 13.2 Å². The number of likely N-dealkylation sites (tertiary alicyclic amines) is 1. The summed E-state index contributed by atoms with van der Waals surface area (Å²) < 4.78 is 22.9. The Morgan fingerprint density at radius 2 is 2.05 bits per heavy atom. The van der Waals surface area contributed by atoms with E-state index in [0.29, 0.717) is 15.7 Å². The van der Waals surface area contributed by atoms with Crippen LogP contribution in [-0.4, -0.2) is 32.3 Å². The fourth-order valence-electron chi connectivity index (χ4n) is 2.66. The molecular weight excluding hydrogens is 308 g/mol. The third-order valence-corrected chi connectivity index (χ3v) is 6.29. The summed E-state index contributed by atoms with van der Waals surface area (Å²) in [5.41, 5.74) is 0.173. The molecule has 1 unspecified atom stereocenters. The maximum absolute atomic E-state index is 12.5. The van der Waals surface area contributed by atoms with Crippen LogP contribution < -0.4 is 5.14 Å². The molecule has 2 N–H and O–H groups in total. The van der Waals surface area contributed by atoms with Gasteiger partial charge in [0.15, 0.2) is 0 Å². The van der Waals surface area contributed by atoms with Crippen molar-refractivity contribution in [2.75, 3.05) is 13.1 Å². The Kier molecular flexibility index (Phi) is 4.21. The second-order valence-electron chi connectivity index (χ2n) is 6.68. The van der Waals surface area contributed by atoms with E-state index in [1.807, 2.05) is 4.90 Å². The van der Waals surface area contributed by atoms with Crippen LogP contribution in [0.3, 0.4) is 0 Å². The summed E-state index contributed by atoms with van der Waals surface area (Å²) in [5.74, 6) is 0.380. The molecule has 1 aliphatic heterocycles. The maximum Gasteiger partial charge on any atom is 0.263 e. The number of hydrogen-bond donors (Lipinski definition) is 1. The molecule has 2 heterocycles. The molecule has 118 valence electrons. The van der Waals surface area contributed by atoms with E-state index in [4.69, 9.17) is 5.14 Å². The second kappa shape index (κ2) is 5.37. The molecule has 0 spiro atoms. The smallest absolute Gasteiger partial charge is 0.263 e. The first-order valence-corrected chi connectivity index (χ1v) is 9.29. The van der Waals surface area contributed by atoms with Gasteiger partial charge < -0.3 is 4.90 Å². The van der Waals surface area contributed by atoms with E-state index in [1.165, 1.54) is 17.4 Å². The molecule has 0 saturated carbocycles. The molecule has 0 radical (unpaired) electrons. The standard InChI is InChI=1S/C14H22N2O3S2/c1-9-12(21(15,18)19)7-11(20-9)13(17)16-6-5-10(8-16)14(2,3)4/h7,10H,5-6,8H2,1-4H3,(H2,15,18,19). The minimum Gasteiger partial charge on any atom is -0.338 e. The molecule has 0 aromatic carbocycles. The van der Waals surface area contributed by atoms with Gasteiger partial charge in [-0.05, 0) is 30.7 Å². The average molecular weight is 330 g/mol. The van der Waals surface area contributed by atoms with E-state index in [1.54, 1.807) is 6.92 Å². The van der Waals surface area contributed by atoms with Gasteiger partial charge in [-0.2, -0.15) is 0 Å². The van der Waals surface area contributed by atoms with Crippen LogP contribution in [0.4, 0.5) is 0 Å². The van der Waals surface area contributed by atoms with Crippen LogP contribution in [0.25, 0.3) is 0 Å². The molecule has 1 saturated heterocycles. The molecular formula is C14H22N2O3S2. The van der Waals surface area contributed by atoms with Crippen molar-refractivity contribution in [2.45, 2.75) is 39.0 Å². The van der Waals surface area contributed by atoms with Crippen molar-refractivity contribution in [3.8, 4) is 0 Å². The zero-order valence-corrected chi connectivity index (χ0v) is 14.5. The first kappa shape index (κ1) is 16.5. The summed E-state index contributed by atoms with van der Waals surface area (Å²) in [4.78, 5) is 15.4. The van der Waals surface area contributed by atoms with Crippen molar-refractivity contribution >= 4 is 27.3 Å². The summed E-state index contributed by atoms with van der Waals surface area (Å²) in [6.07, 6.45) is 0.988. The summed E-state index contributed by atoms with van der Waals surface area (Å²) >= 11 is 1.19. The number of aryl methyl sites for hydroxylation is 1. The number of primary sulfonamides is 1.